The van der Waals surface area contributed by atoms with Crippen LogP contribution in [0.25, 0.3) is 11.3 Å². The average Bonchev–Trinajstić information content (AvgIpc) is 2.33. The number of carboxylic acid groups (broad SMARTS) is 1. The van der Waals surface area contributed by atoms with Crippen molar-refractivity contribution in [3.63, 3.8) is 0 Å². The number of aromatic carboxylic acids is 1. The van der Waals surface area contributed by atoms with Crippen LogP contribution in [0.3, 0.4) is 0 Å². The van der Waals surface area contributed by atoms with Crippen molar-refractivity contribution in [3.05, 3.63) is 47.7 Å². The molecule has 92 valence electrons. The molecule has 0 aliphatic carbocycles. The molecule has 6 heteroatoms. The van der Waals surface area contributed by atoms with Gasteiger partial charge in [0.25, 0.3) is 0 Å². The summed E-state index contributed by atoms with van der Waals surface area (Å²) in [5.74, 6) is -3.28. The number of benzene rings is 1. The van der Waals surface area contributed by atoms with Crippen LogP contribution in [0.15, 0.2) is 30.5 Å². The molecule has 0 aliphatic heterocycles. The van der Waals surface area contributed by atoms with Crippen LogP contribution in [0.4, 0.5) is 14.5 Å². The van der Waals surface area contributed by atoms with Gasteiger partial charge in [-0.05, 0) is 18.2 Å². The van der Waals surface area contributed by atoms with Crippen LogP contribution in [0.2, 0.25) is 0 Å². The molecular weight excluding hydrogens is 242 g/mol. The maximum absolute atomic E-state index is 13.5. The van der Waals surface area contributed by atoms with Crippen LogP contribution in [0.1, 0.15) is 10.4 Å². The first-order valence-corrected chi connectivity index (χ1v) is 4.94. The first-order chi connectivity index (χ1) is 8.50. The SMILES string of the molecule is Nc1cc(C(=O)O)cnc1-c1cccc(F)c1F. The number of aromatic nitrogens is 1. The highest BCUT2D eigenvalue weighted by Gasteiger charge is 2.15. The van der Waals surface area contributed by atoms with Gasteiger partial charge in [0.2, 0.25) is 0 Å². The molecule has 0 unspecified atom stereocenters. The summed E-state index contributed by atoms with van der Waals surface area (Å²) in [6.07, 6.45) is 1.04. The Morgan fingerprint density at radius 2 is 2.06 bits per heavy atom. The standard InChI is InChI=1S/C12H8F2N2O2/c13-8-3-1-2-7(10(8)14)11-9(15)4-6(5-16-11)12(17)18/h1-5H,15H2,(H,17,18). The van der Waals surface area contributed by atoms with Crippen molar-refractivity contribution < 1.29 is 18.7 Å². The fourth-order valence-electron chi connectivity index (χ4n) is 1.51. The molecular formula is C12H8F2N2O2. The minimum atomic E-state index is -1.19. The number of nitrogen functional groups attached to an aromatic ring is 1. The zero-order valence-electron chi connectivity index (χ0n) is 9.02. The first-order valence-electron chi connectivity index (χ1n) is 4.94. The molecule has 0 spiro atoms. The highest BCUT2D eigenvalue weighted by molar-refractivity contribution is 5.90. The third kappa shape index (κ3) is 2.00. The molecule has 2 rings (SSSR count). The highest BCUT2D eigenvalue weighted by atomic mass is 19.2. The monoisotopic (exact) mass is 250 g/mol. The summed E-state index contributed by atoms with van der Waals surface area (Å²) in [6, 6.07) is 4.76. The molecule has 3 N–H and O–H groups in total. The number of pyridine rings is 1. The summed E-state index contributed by atoms with van der Waals surface area (Å²) >= 11 is 0. The van der Waals surface area contributed by atoms with E-state index < -0.39 is 17.6 Å². The van der Waals surface area contributed by atoms with E-state index in [9.17, 15) is 13.6 Å². The Kier molecular flexibility index (Phi) is 2.93. The molecule has 0 bridgehead atoms. The van der Waals surface area contributed by atoms with E-state index in [0.717, 1.165) is 18.3 Å². The summed E-state index contributed by atoms with van der Waals surface area (Å²) < 4.78 is 26.6. The molecule has 0 saturated heterocycles. The number of rotatable bonds is 2. The van der Waals surface area contributed by atoms with Crippen molar-refractivity contribution >= 4 is 11.7 Å². The van der Waals surface area contributed by atoms with E-state index in [1.807, 2.05) is 0 Å². The van der Waals surface area contributed by atoms with Crippen molar-refractivity contribution in [2.75, 3.05) is 5.73 Å². The smallest absolute Gasteiger partial charge is 0.337 e. The van der Waals surface area contributed by atoms with E-state index in [4.69, 9.17) is 10.8 Å². The number of anilines is 1. The molecule has 0 fully saturated rings. The van der Waals surface area contributed by atoms with Gasteiger partial charge < -0.3 is 10.8 Å². The maximum Gasteiger partial charge on any atom is 0.337 e. The minimum Gasteiger partial charge on any atom is -0.478 e. The fraction of sp³-hybridized carbons (Fsp3) is 0. The van der Waals surface area contributed by atoms with Crippen molar-refractivity contribution in [1.82, 2.24) is 4.98 Å². The number of halogens is 2. The van der Waals surface area contributed by atoms with Crippen LogP contribution in [0, 0.1) is 11.6 Å². The molecule has 4 nitrogen and oxygen atoms in total. The number of nitrogens with two attached hydrogens (primary N) is 1. The van der Waals surface area contributed by atoms with Crippen molar-refractivity contribution in [3.8, 4) is 11.3 Å². The van der Waals surface area contributed by atoms with Gasteiger partial charge >= 0.3 is 5.97 Å². The Morgan fingerprint density at radius 3 is 2.67 bits per heavy atom. The van der Waals surface area contributed by atoms with Gasteiger partial charge in [-0.2, -0.15) is 0 Å². The van der Waals surface area contributed by atoms with Crippen molar-refractivity contribution in [2.24, 2.45) is 0 Å². The summed E-state index contributed by atoms with van der Waals surface area (Å²) in [6.45, 7) is 0. The normalized spacial score (nSPS) is 10.3. The Bertz CT molecular complexity index is 629. The average molecular weight is 250 g/mol. The summed E-state index contributed by atoms with van der Waals surface area (Å²) in [5, 5.41) is 8.74. The van der Waals surface area contributed by atoms with Crippen molar-refractivity contribution in [2.45, 2.75) is 0 Å². The van der Waals surface area contributed by atoms with Gasteiger partial charge in [-0.15, -0.1) is 0 Å². The van der Waals surface area contributed by atoms with Crippen LogP contribution in [-0.2, 0) is 0 Å². The first kappa shape index (κ1) is 12.0. The number of carboxylic acids is 1. The Labute approximate surface area is 101 Å². The van der Waals surface area contributed by atoms with E-state index in [1.165, 1.54) is 12.1 Å². The van der Waals surface area contributed by atoms with Gasteiger partial charge in [-0.1, -0.05) is 6.07 Å². The van der Waals surface area contributed by atoms with E-state index >= 15 is 0 Å². The lowest BCUT2D eigenvalue weighted by atomic mass is 10.1. The van der Waals surface area contributed by atoms with E-state index in [2.05, 4.69) is 4.98 Å². The molecule has 0 saturated carbocycles. The van der Waals surface area contributed by atoms with Crippen molar-refractivity contribution in [1.29, 1.82) is 0 Å². The number of hydrogen-bond donors (Lipinski definition) is 2. The van der Waals surface area contributed by atoms with Gasteiger partial charge in [-0.3, -0.25) is 4.98 Å². The number of nitrogens with zero attached hydrogens (tertiary/aromatic N) is 1. The molecule has 0 amide bonds. The van der Waals surface area contributed by atoms with Gasteiger partial charge in [0.15, 0.2) is 11.6 Å². The van der Waals surface area contributed by atoms with Crippen LogP contribution < -0.4 is 5.73 Å². The predicted octanol–water partition coefficient (Wildman–Crippen LogP) is 2.31. The zero-order chi connectivity index (χ0) is 13.3. The van der Waals surface area contributed by atoms with Gasteiger partial charge in [0, 0.05) is 11.8 Å². The van der Waals surface area contributed by atoms with E-state index in [0.29, 0.717) is 0 Å². The molecule has 0 aliphatic rings. The molecule has 1 heterocycles. The topological polar surface area (TPSA) is 76.2 Å². The number of hydrogen-bond acceptors (Lipinski definition) is 3. The van der Waals surface area contributed by atoms with Crippen LogP contribution in [0.5, 0.6) is 0 Å². The third-order valence-electron chi connectivity index (χ3n) is 2.37. The van der Waals surface area contributed by atoms with Gasteiger partial charge in [0.1, 0.15) is 0 Å². The summed E-state index contributed by atoms with van der Waals surface area (Å²) in [7, 11) is 0. The largest absolute Gasteiger partial charge is 0.478 e. The summed E-state index contributed by atoms with van der Waals surface area (Å²) in [5.41, 5.74) is 5.35. The number of carbonyl (C=O) groups is 1. The van der Waals surface area contributed by atoms with E-state index in [-0.39, 0.29) is 22.5 Å². The summed E-state index contributed by atoms with van der Waals surface area (Å²) in [4.78, 5) is 14.5. The second kappa shape index (κ2) is 4.40. The zero-order valence-corrected chi connectivity index (χ0v) is 9.02. The fourth-order valence-corrected chi connectivity index (χ4v) is 1.51. The molecule has 0 atom stereocenters. The second-order valence-electron chi connectivity index (χ2n) is 3.57. The Morgan fingerprint density at radius 1 is 1.33 bits per heavy atom. The van der Waals surface area contributed by atoms with Crippen LogP contribution in [-0.4, -0.2) is 16.1 Å². The van der Waals surface area contributed by atoms with Crippen LogP contribution >= 0.6 is 0 Å². The van der Waals surface area contributed by atoms with Gasteiger partial charge in [-0.25, -0.2) is 13.6 Å². The Hall–Kier alpha value is -2.50. The minimum absolute atomic E-state index is 0.0111. The lowest BCUT2D eigenvalue weighted by molar-refractivity contribution is 0.0696. The quantitative estimate of drug-likeness (QED) is 0.857. The second-order valence-corrected chi connectivity index (χ2v) is 3.57. The lowest BCUT2D eigenvalue weighted by Gasteiger charge is -2.07. The van der Waals surface area contributed by atoms with E-state index in [1.54, 1.807) is 0 Å². The molecule has 2 aromatic rings. The molecule has 1 aromatic carbocycles. The predicted molar refractivity (Wildman–Crippen MR) is 61.0 cm³/mol. The molecule has 18 heavy (non-hydrogen) atoms. The Balaban J connectivity index is 2.58. The maximum atomic E-state index is 13.5. The third-order valence-corrected chi connectivity index (χ3v) is 2.37. The van der Waals surface area contributed by atoms with Gasteiger partial charge in [0.05, 0.1) is 16.9 Å². The lowest BCUT2D eigenvalue weighted by Crippen LogP contribution is -2.02. The molecule has 1 aromatic heterocycles. The molecule has 0 radical (unpaired) electrons. The highest BCUT2D eigenvalue weighted by Crippen LogP contribution is 2.27.